The predicted molar refractivity (Wildman–Crippen MR) is 302 cm³/mol. The van der Waals surface area contributed by atoms with Crippen molar-refractivity contribution in [2.75, 3.05) is 132 Å². The van der Waals surface area contributed by atoms with Gasteiger partial charge in [-0.1, -0.05) is 117 Å². The van der Waals surface area contributed by atoms with Crippen LogP contribution in [0.1, 0.15) is 55.3 Å². The molecule has 17 nitrogen and oxygen atoms in total. The molecule has 0 unspecified atom stereocenters. The molecular weight excluding hydrogens is 1040 g/mol. The number of halogens is 1. The van der Waals surface area contributed by atoms with Gasteiger partial charge in [0, 0.05) is 97.2 Å². The van der Waals surface area contributed by atoms with Crippen LogP contribution in [0.25, 0.3) is 10.8 Å². The molecule has 0 spiro atoms. The summed E-state index contributed by atoms with van der Waals surface area (Å²) < 4.78 is 107. The molecule has 0 saturated carbocycles. The highest BCUT2D eigenvalue weighted by molar-refractivity contribution is 5.86. The molecule has 4 aromatic rings. The lowest BCUT2D eigenvalue weighted by molar-refractivity contribution is -0.0478. The Morgan fingerprint density at radius 3 is 1.30 bits per heavy atom. The number of rotatable bonds is 21. The number of hydrogen-bond donors (Lipinski definition) is 0. The van der Waals surface area contributed by atoms with Crippen molar-refractivity contribution in [3.63, 3.8) is 0 Å². The molecule has 0 amide bonds. The van der Waals surface area contributed by atoms with Crippen LogP contribution in [0.3, 0.4) is 0 Å². The van der Waals surface area contributed by atoms with E-state index in [1.54, 1.807) is 78.2 Å². The Hall–Kier alpha value is -3.61. The minimum absolute atomic E-state index is 0.102. The second-order valence-electron chi connectivity index (χ2n) is 20.2. The van der Waals surface area contributed by atoms with Crippen LogP contribution in [-0.2, 0) is 80.5 Å². The average molecular weight is 1130 g/mol. The van der Waals surface area contributed by atoms with Gasteiger partial charge in [-0.3, -0.25) is 0 Å². The van der Waals surface area contributed by atoms with Gasteiger partial charge in [0.25, 0.3) is 0 Å². The SMILES string of the molecule is CC[C@H]1CO[C@H](COC)[C@H]1OC.COC[C@H]1OC[C@H](C)[C@@H]1OC.COC[C@H]1O[C@@H](c2cccc3ccccc23)[C@H](OC)[C@@H]1OC.COC[C@H]1O[C@@H](c2ccccc2)[C@H](F)[C@@H]1OC.COC[C@H]1O[C@@H](c2ccccc2)[C@H](OC)[C@@H]1OC. The maximum absolute atomic E-state index is 14.2. The van der Waals surface area contributed by atoms with E-state index in [-0.39, 0.29) is 79.4 Å². The Morgan fingerprint density at radius 1 is 0.400 bits per heavy atom. The van der Waals surface area contributed by atoms with Crippen LogP contribution in [0, 0.1) is 11.8 Å². The molecule has 18 atom stereocenters. The molecule has 450 valence electrons. The van der Waals surface area contributed by atoms with Gasteiger partial charge in [-0.25, -0.2) is 4.39 Å². The van der Waals surface area contributed by atoms with Gasteiger partial charge in [0.15, 0.2) is 6.17 Å². The molecule has 18 heteroatoms. The minimum atomic E-state index is -1.16. The summed E-state index contributed by atoms with van der Waals surface area (Å²) in [5, 5.41) is 2.38. The minimum Gasteiger partial charge on any atom is -0.382 e. The topological polar surface area (TPSA) is 157 Å². The van der Waals surface area contributed by atoms with E-state index in [0.717, 1.165) is 36.3 Å². The Kier molecular flexibility index (Phi) is 30.4. The highest BCUT2D eigenvalue weighted by Crippen LogP contribution is 2.41. The van der Waals surface area contributed by atoms with Crippen LogP contribution in [0.15, 0.2) is 103 Å². The van der Waals surface area contributed by atoms with E-state index in [9.17, 15) is 4.39 Å². The molecule has 0 N–H and O–H groups in total. The van der Waals surface area contributed by atoms with E-state index in [2.05, 4.69) is 44.2 Å². The summed E-state index contributed by atoms with van der Waals surface area (Å²) in [6.45, 7) is 8.47. The van der Waals surface area contributed by atoms with Crippen LogP contribution in [0.2, 0.25) is 0 Å². The first-order valence-electron chi connectivity index (χ1n) is 27.6. The highest BCUT2D eigenvalue weighted by Gasteiger charge is 2.48. The molecule has 5 fully saturated rings. The first-order valence-corrected chi connectivity index (χ1v) is 27.6. The van der Waals surface area contributed by atoms with Crippen molar-refractivity contribution in [1.29, 1.82) is 0 Å². The first kappa shape index (κ1) is 67.2. The molecule has 4 aromatic carbocycles. The maximum Gasteiger partial charge on any atom is 0.159 e. The van der Waals surface area contributed by atoms with Crippen molar-refractivity contribution < 1.29 is 84.9 Å². The van der Waals surface area contributed by atoms with Crippen molar-refractivity contribution in [3.05, 3.63) is 120 Å². The predicted octanol–water partition coefficient (Wildman–Crippen LogP) is 8.64. The lowest BCUT2D eigenvalue weighted by Gasteiger charge is -2.22. The van der Waals surface area contributed by atoms with E-state index >= 15 is 0 Å². The van der Waals surface area contributed by atoms with Crippen LogP contribution in [-0.4, -0.2) is 211 Å². The molecular formula is C62H93FO17. The summed E-state index contributed by atoms with van der Waals surface area (Å²) in [4.78, 5) is 0. The Labute approximate surface area is 475 Å². The maximum atomic E-state index is 14.2. The van der Waals surface area contributed by atoms with E-state index in [4.69, 9.17) is 80.5 Å². The summed E-state index contributed by atoms with van der Waals surface area (Å²) in [6, 6.07) is 34.0. The summed E-state index contributed by atoms with van der Waals surface area (Å²) in [7, 11) is 20.0. The number of hydrogen-bond acceptors (Lipinski definition) is 17. The molecule has 5 heterocycles. The van der Waals surface area contributed by atoms with Gasteiger partial charge in [-0.05, 0) is 33.9 Å². The van der Waals surface area contributed by atoms with Crippen molar-refractivity contribution >= 4 is 10.8 Å². The third-order valence-electron chi connectivity index (χ3n) is 15.2. The smallest absolute Gasteiger partial charge is 0.159 e. The Morgan fingerprint density at radius 2 is 0.800 bits per heavy atom. The lowest BCUT2D eigenvalue weighted by Crippen LogP contribution is -2.36. The fraction of sp³-hybridized carbons (Fsp3) is 0.645. The number of ether oxygens (including phenoxy) is 17. The van der Waals surface area contributed by atoms with Crippen molar-refractivity contribution in [1.82, 2.24) is 0 Å². The van der Waals surface area contributed by atoms with E-state index in [1.165, 1.54) is 17.9 Å². The van der Waals surface area contributed by atoms with Crippen molar-refractivity contribution in [3.8, 4) is 0 Å². The second kappa shape index (κ2) is 36.2. The third kappa shape index (κ3) is 17.7. The quantitative estimate of drug-likeness (QED) is 0.0780. The molecule has 9 rings (SSSR count). The third-order valence-corrected chi connectivity index (χ3v) is 15.2. The van der Waals surface area contributed by atoms with Gasteiger partial charge in [0.05, 0.1) is 58.5 Å². The fourth-order valence-corrected chi connectivity index (χ4v) is 11.3. The summed E-state index contributed by atoms with van der Waals surface area (Å²) in [5.41, 5.74) is 3.07. The number of methoxy groups -OCH3 is 12. The number of benzene rings is 4. The first-order chi connectivity index (χ1) is 39.0. The van der Waals surface area contributed by atoms with Gasteiger partial charge < -0.3 is 80.5 Å². The molecule has 5 aliphatic heterocycles. The molecule has 80 heavy (non-hydrogen) atoms. The van der Waals surface area contributed by atoms with Gasteiger partial charge in [-0.2, -0.15) is 0 Å². The standard InChI is InChI=1S/C18H22O4.C14H20O4.C13H17FO3.C9H18O3.C8H16O3/c1-19-11-15-17(20-2)18(21-3)16(22-15)14-10-6-8-12-7-4-5-9-13(12)14;1-15-9-11-13(16-2)14(17-3)12(18-11)10-7-5-4-6-8-10;1-15-8-10-13(16-2)11(14)12(17-10)9-6-4-3-5-7-9;1-4-7-5-12-8(6-10-2)9(7)11-3;1-6-4-11-7(5-9-2)8(6)10-3/h4-10,15-18H,11H2,1-3H3;4-8,11-14H,9H2,1-3H3;3-7,10-13H,8H2,1-2H3;7-9H,4-6H2,1-3H3;6-8H,4-5H2,1-3H3/t15-,16+,17-,18+;11-,12+,13-,14+;10-,11+,12+,13-;7-,8+,9-;6-,7+,8-/m11100/s1. The van der Waals surface area contributed by atoms with Crippen LogP contribution >= 0.6 is 0 Å². The van der Waals surface area contributed by atoms with Gasteiger partial charge >= 0.3 is 0 Å². The van der Waals surface area contributed by atoms with Crippen LogP contribution in [0.4, 0.5) is 4.39 Å². The van der Waals surface area contributed by atoms with Crippen LogP contribution in [0.5, 0.6) is 0 Å². The van der Waals surface area contributed by atoms with E-state index < -0.39 is 18.4 Å². The molecule has 5 aliphatic rings. The summed E-state index contributed by atoms with van der Waals surface area (Å²) in [5.74, 6) is 1.02. The lowest BCUT2D eigenvalue weighted by atomic mass is 9.96. The number of fused-ring (bicyclic) bond motifs is 1. The molecule has 0 aromatic heterocycles. The molecule has 0 radical (unpaired) electrons. The largest absolute Gasteiger partial charge is 0.382 e. The zero-order chi connectivity index (χ0) is 58.0. The van der Waals surface area contributed by atoms with Crippen LogP contribution < -0.4 is 0 Å². The zero-order valence-electron chi connectivity index (χ0n) is 49.7. The van der Waals surface area contributed by atoms with Crippen molar-refractivity contribution in [2.24, 2.45) is 11.8 Å². The normalized spacial score (nSPS) is 32.5. The van der Waals surface area contributed by atoms with Crippen molar-refractivity contribution in [2.45, 2.75) is 118 Å². The van der Waals surface area contributed by atoms with Gasteiger partial charge in [-0.15, -0.1) is 0 Å². The summed E-state index contributed by atoms with van der Waals surface area (Å²) in [6.07, 6.45) is -1.91. The highest BCUT2D eigenvalue weighted by atomic mass is 19.1. The average Bonchev–Trinajstić information content (AvgIpc) is 4.34. The van der Waals surface area contributed by atoms with E-state index in [1.807, 2.05) is 72.8 Å². The van der Waals surface area contributed by atoms with Gasteiger partial charge in [0.1, 0.15) is 79.4 Å². The fourth-order valence-electron chi connectivity index (χ4n) is 11.3. The molecule has 0 aliphatic carbocycles. The Balaban J connectivity index is 0.000000188. The monoisotopic (exact) mass is 1130 g/mol. The second-order valence-corrected chi connectivity index (χ2v) is 20.2. The zero-order valence-corrected chi connectivity index (χ0v) is 49.7. The summed E-state index contributed by atoms with van der Waals surface area (Å²) >= 11 is 0. The molecule has 5 saturated heterocycles. The van der Waals surface area contributed by atoms with E-state index in [0.29, 0.717) is 44.9 Å². The Bertz CT molecular complexity index is 2230. The molecule has 0 bridgehead atoms. The van der Waals surface area contributed by atoms with Gasteiger partial charge in [0.2, 0.25) is 0 Å². The number of alkyl halides is 1.